The van der Waals surface area contributed by atoms with Crippen LogP contribution in [0.25, 0.3) is 0 Å². The van der Waals surface area contributed by atoms with E-state index in [1.54, 1.807) is 14.0 Å². The molecule has 0 aromatic rings. The minimum atomic E-state index is -0.267. The number of likely N-dealkylation sites (N-methyl/N-ethyl adjacent to an activating group) is 2. The second-order valence-corrected chi connectivity index (χ2v) is 10.8. The van der Waals surface area contributed by atoms with Crippen molar-refractivity contribution in [2.24, 2.45) is 10.8 Å². The number of ether oxygens (including phenoxy) is 2. The summed E-state index contributed by atoms with van der Waals surface area (Å²) >= 11 is 0. The third kappa shape index (κ3) is 10.5. The van der Waals surface area contributed by atoms with Crippen LogP contribution in [0.2, 0.25) is 0 Å². The van der Waals surface area contributed by atoms with Crippen molar-refractivity contribution in [1.82, 2.24) is 21.3 Å². The monoisotopic (exact) mass is 482 g/mol. The number of amides is 2. The van der Waals surface area contributed by atoms with Gasteiger partial charge in [0, 0.05) is 18.0 Å². The summed E-state index contributed by atoms with van der Waals surface area (Å²) < 4.78 is 11.7. The number of carbonyl (C=O) groups excluding carboxylic acids is 3. The number of unbranched alkanes of at least 4 members (excludes halogenated alkanes) is 1. The maximum absolute atomic E-state index is 12.2. The molecule has 1 fully saturated rings. The molecule has 4 N–H and O–H groups in total. The zero-order valence-corrected chi connectivity index (χ0v) is 22.3. The number of nitrogens with one attached hydrogen (secondary N) is 4. The highest BCUT2D eigenvalue weighted by molar-refractivity contribution is 5.95. The second-order valence-electron chi connectivity index (χ2n) is 10.8. The van der Waals surface area contributed by atoms with Gasteiger partial charge in [-0.05, 0) is 38.6 Å². The maximum Gasteiger partial charge on any atom is 0.320 e. The van der Waals surface area contributed by atoms with E-state index in [0.29, 0.717) is 12.2 Å². The lowest BCUT2D eigenvalue weighted by Crippen LogP contribution is -2.41. The summed E-state index contributed by atoms with van der Waals surface area (Å²) in [7, 11) is 3.26. The fourth-order valence-corrected chi connectivity index (χ4v) is 3.86. The standard InChI is InChI=1S/C25H46N4O5/c1-17(22(32)28-14-20(30)27-8)13-18-16-33-23(29-18)25(5,6)12-10-9-11-19(24(2,3)4)34-21(31)15-26-7/h13,18-19,23,26,29H,9-12,14-16H2,1-8H3,(H,27,30)(H,28,32)/b17-13+/t18-,19-,23?/m0/s1. The number of rotatable bonds is 13. The molecule has 9 heteroatoms. The minimum Gasteiger partial charge on any atom is -0.461 e. The Kier molecular flexibility index (Phi) is 12.2. The molecule has 0 aliphatic carbocycles. The summed E-state index contributed by atoms with van der Waals surface area (Å²) in [6.45, 7) is 13.0. The highest BCUT2D eigenvalue weighted by Gasteiger charge is 2.36. The molecule has 9 nitrogen and oxygen atoms in total. The van der Waals surface area contributed by atoms with E-state index in [2.05, 4.69) is 55.9 Å². The Morgan fingerprint density at radius 3 is 2.38 bits per heavy atom. The fourth-order valence-electron chi connectivity index (χ4n) is 3.86. The molecule has 196 valence electrons. The number of carbonyl (C=O) groups is 3. The van der Waals surface area contributed by atoms with Crippen LogP contribution < -0.4 is 21.3 Å². The predicted octanol–water partition coefficient (Wildman–Crippen LogP) is 1.87. The third-order valence-corrected chi connectivity index (χ3v) is 6.11. The van der Waals surface area contributed by atoms with E-state index in [9.17, 15) is 14.4 Å². The van der Waals surface area contributed by atoms with Gasteiger partial charge in [-0.2, -0.15) is 0 Å². The molecule has 1 rings (SSSR count). The van der Waals surface area contributed by atoms with Gasteiger partial charge in [-0.1, -0.05) is 47.1 Å². The molecule has 3 atom stereocenters. The lowest BCUT2D eigenvalue weighted by Gasteiger charge is -2.33. The molecule has 1 aliphatic heterocycles. The van der Waals surface area contributed by atoms with Crippen LogP contribution in [0.3, 0.4) is 0 Å². The van der Waals surface area contributed by atoms with Gasteiger partial charge in [0.05, 0.1) is 25.7 Å². The molecular formula is C25H46N4O5. The van der Waals surface area contributed by atoms with Crippen LogP contribution in [0.1, 0.15) is 67.2 Å². The normalized spacial score (nSPS) is 20.1. The highest BCUT2D eigenvalue weighted by Crippen LogP contribution is 2.33. The zero-order chi connectivity index (χ0) is 25.9. The molecule has 1 heterocycles. The lowest BCUT2D eigenvalue weighted by atomic mass is 9.82. The molecule has 0 aromatic carbocycles. The second kappa shape index (κ2) is 13.8. The van der Waals surface area contributed by atoms with Gasteiger partial charge in [0.2, 0.25) is 11.8 Å². The molecule has 1 saturated heterocycles. The van der Waals surface area contributed by atoms with Gasteiger partial charge in [-0.25, -0.2) is 0 Å². The molecule has 0 saturated carbocycles. The molecule has 34 heavy (non-hydrogen) atoms. The first kappa shape index (κ1) is 30.1. The third-order valence-electron chi connectivity index (χ3n) is 6.11. The Morgan fingerprint density at radius 1 is 1.12 bits per heavy atom. The van der Waals surface area contributed by atoms with Crippen molar-refractivity contribution >= 4 is 17.8 Å². The molecule has 1 aliphatic rings. The van der Waals surface area contributed by atoms with Crippen LogP contribution in [0.15, 0.2) is 11.6 Å². The topological polar surface area (TPSA) is 118 Å². The van der Waals surface area contributed by atoms with Crippen LogP contribution in [0.5, 0.6) is 0 Å². The van der Waals surface area contributed by atoms with Gasteiger partial charge in [-0.3, -0.25) is 19.7 Å². The van der Waals surface area contributed by atoms with Gasteiger partial charge >= 0.3 is 5.97 Å². The van der Waals surface area contributed by atoms with E-state index in [1.807, 2.05) is 6.08 Å². The van der Waals surface area contributed by atoms with Crippen molar-refractivity contribution in [1.29, 1.82) is 0 Å². The number of hydrogen-bond acceptors (Lipinski definition) is 7. The maximum atomic E-state index is 12.2. The van der Waals surface area contributed by atoms with Crippen molar-refractivity contribution in [3.05, 3.63) is 11.6 Å². The van der Waals surface area contributed by atoms with Crippen molar-refractivity contribution in [3.63, 3.8) is 0 Å². The summed E-state index contributed by atoms with van der Waals surface area (Å²) in [5.74, 6) is -0.727. The molecule has 2 amide bonds. The number of hydrogen-bond donors (Lipinski definition) is 4. The van der Waals surface area contributed by atoms with Crippen LogP contribution in [0.4, 0.5) is 0 Å². The molecule has 0 spiro atoms. The Bertz CT molecular complexity index is 715. The summed E-state index contributed by atoms with van der Waals surface area (Å²) in [5, 5.41) is 11.4. The van der Waals surface area contributed by atoms with Crippen molar-refractivity contribution < 1.29 is 23.9 Å². The van der Waals surface area contributed by atoms with E-state index in [-0.39, 0.29) is 60.1 Å². The lowest BCUT2D eigenvalue weighted by molar-refractivity contribution is -0.154. The van der Waals surface area contributed by atoms with Gasteiger partial charge in [0.25, 0.3) is 0 Å². The van der Waals surface area contributed by atoms with Crippen LogP contribution in [-0.2, 0) is 23.9 Å². The molecule has 0 bridgehead atoms. The first-order chi connectivity index (χ1) is 15.8. The van der Waals surface area contributed by atoms with E-state index in [1.165, 1.54) is 7.05 Å². The van der Waals surface area contributed by atoms with Crippen LogP contribution in [-0.4, -0.2) is 69.9 Å². The predicted molar refractivity (Wildman–Crippen MR) is 133 cm³/mol. The zero-order valence-electron chi connectivity index (χ0n) is 22.3. The van der Waals surface area contributed by atoms with Crippen LogP contribution in [0, 0.1) is 10.8 Å². The average Bonchev–Trinajstić information content (AvgIpc) is 3.22. The van der Waals surface area contributed by atoms with Crippen molar-refractivity contribution in [2.75, 3.05) is 33.8 Å². The Labute approximate surface area is 205 Å². The summed E-state index contributed by atoms with van der Waals surface area (Å²) in [6.07, 6.45) is 5.33. The fraction of sp³-hybridized carbons (Fsp3) is 0.800. The quantitative estimate of drug-likeness (QED) is 0.180. The summed E-state index contributed by atoms with van der Waals surface area (Å²) in [5.41, 5.74) is 0.335. The Hall–Kier alpha value is -1.97. The van der Waals surface area contributed by atoms with E-state index >= 15 is 0 Å². The van der Waals surface area contributed by atoms with Crippen LogP contribution >= 0.6 is 0 Å². The Morgan fingerprint density at radius 2 is 1.79 bits per heavy atom. The van der Waals surface area contributed by atoms with E-state index in [4.69, 9.17) is 9.47 Å². The first-order valence-electron chi connectivity index (χ1n) is 12.2. The van der Waals surface area contributed by atoms with Crippen molar-refractivity contribution in [3.8, 4) is 0 Å². The summed E-state index contributed by atoms with van der Waals surface area (Å²) in [6, 6.07) is -0.0631. The smallest absolute Gasteiger partial charge is 0.320 e. The summed E-state index contributed by atoms with van der Waals surface area (Å²) in [4.78, 5) is 35.4. The van der Waals surface area contributed by atoms with Gasteiger partial charge < -0.3 is 25.4 Å². The van der Waals surface area contributed by atoms with Gasteiger partial charge in [0.1, 0.15) is 12.3 Å². The largest absolute Gasteiger partial charge is 0.461 e. The van der Waals surface area contributed by atoms with Crippen molar-refractivity contribution in [2.45, 2.75) is 85.6 Å². The molecule has 1 unspecified atom stereocenters. The average molecular weight is 483 g/mol. The molecule has 0 radical (unpaired) electrons. The van der Waals surface area contributed by atoms with Gasteiger partial charge in [0.15, 0.2) is 0 Å². The molecular weight excluding hydrogens is 436 g/mol. The molecule has 0 aromatic heterocycles. The number of esters is 1. The Balaban J connectivity index is 2.52. The first-order valence-corrected chi connectivity index (χ1v) is 12.2. The van der Waals surface area contributed by atoms with E-state index in [0.717, 1.165) is 25.7 Å². The van der Waals surface area contributed by atoms with E-state index < -0.39 is 0 Å². The van der Waals surface area contributed by atoms with Gasteiger partial charge in [-0.15, -0.1) is 0 Å². The highest BCUT2D eigenvalue weighted by atomic mass is 16.5. The SMILES string of the molecule is CNCC(=O)O[C@@H](CCCCC(C)(C)C1N[C@@H](/C=C(\C)C(=O)NCC(=O)NC)CO1)C(C)(C)C. The minimum absolute atomic E-state index is 0.0461.